The molecular formula is C22H23BrN2O4S. The molecule has 0 atom stereocenters. The molecule has 0 radical (unpaired) electrons. The van der Waals surface area contributed by atoms with Crippen molar-refractivity contribution in [3.63, 3.8) is 0 Å². The number of ether oxygens (including phenoxy) is 3. The maximum absolute atomic E-state index is 12.4. The van der Waals surface area contributed by atoms with E-state index in [2.05, 4.69) is 26.2 Å². The number of halogens is 1. The maximum atomic E-state index is 12.4. The van der Waals surface area contributed by atoms with Crippen LogP contribution in [-0.4, -0.2) is 30.9 Å². The summed E-state index contributed by atoms with van der Waals surface area (Å²) in [7, 11) is 1.59. The van der Waals surface area contributed by atoms with Crippen LogP contribution < -0.4 is 19.5 Å². The average Bonchev–Trinajstić information content (AvgIpc) is 3.04. The minimum atomic E-state index is -0.192. The Bertz CT molecular complexity index is 987. The number of methoxy groups -OCH3 is 1. The molecule has 1 aliphatic heterocycles. The number of carbonyl (C=O) groups is 1. The largest absolute Gasteiger partial charge is 0.494 e. The standard InChI is InChI=1S/C22H23BrN2O4S/c1-5-28-16-8-6-15(7-9-16)24-22-25-21(26)19(30-22)12-14-10-17(23)20(29-13(2)3)18(11-14)27-4/h6-13H,5H2,1-4H3,(H,24,25,26)/b19-12+. The number of carbonyl (C=O) groups excluding carboxylic acids is 1. The van der Waals surface area contributed by atoms with Crippen molar-refractivity contribution < 1.29 is 19.0 Å². The van der Waals surface area contributed by atoms with Gasteiger partial charge in [0.2, 0.25) is 0 Å². The van der Waals surface area contributed by atoms with Crippen LogP contribution in [0.3, 0.4) is 0 Å². The third kappa shape index (κ3) is 5.58. The highest BCUT2D eigenvalue weighted by molar-refractivity contribution is 9.10. The van der Waals surface area contributed by atoms with Crippen molar-refractivity contribution in [2.75, 3.05) is 13.7 Å². The minimum absolute atomic E-state index is 0.0111. The van der Waals surface area contributed by atoms with Gasteiger partial charge < -0.3 is 19.5 Å². The van der Waals surface area contributed by atoms with Crippen LogP contribution in [0, 0.1) is 0 Å². The van der Waals surface area contributed by atoms with Crippen LogP contribution in [0.25, 0.3) is 6.08 Å². The van der Waals surface area contributed by atoms with E-state index in [-0.39, 0.29) is 12.0 Å². The number of benzene rings is 2. The molecule has 1 aliphatic rings. The highest BCUT2D eigenvalue weighted by atomic mass is 79.9. The van der Waals surface area contributed by atoms with Crippen molar-refractivity contribution in [1.82, 2.24) is 5.32 Å². The molecule has 1 N–H and O–H groups in total. The molecule has 1 amide bonds. The second kappa shape index (κ2) is 10.0. The molecule has 0 aliphatic carbocycles. The molecule has 3 rings (SSSR count). The molecule has 30 heavy (non-hydrogen) atoms. The molecule has 0 unspecified atom stereocenters. The maximum Gasteiger partial charge on any atom is 0.264 e. The van der Waals surface area contributed by atoms with Gasteiger partial charge in [0, 0.05) is 0 Å². The van der Waals surface area contributed by atoms with Gasteiger partial charge in [-0.2, -0.15) is 0 Å². The number of hydrogen-bond acceptors (Lipinski definition) is 6. The summed E-state index contributed by atoms with van der Waals surface area (Å²) in [5, 5.41) is 3.33. The van der Waals surface area contributed by atoms with Crippen LogP contribution in [0.1, 0.15) is 26.3 Å². The fourth-order valence-corrected chi connectivity index (χ4v) is 4.10. The lowest BCUT2D eigenvalue weighted by Crippen LogP contribution is -2.19. The van der Waals surface area contributed by atoms with Gasteiger partial charge in [0.05, 0.1) is 34.9 Å². The first-order valence-corrected chi connectivity index (χ1v) is 11.1. The Hall–Kier alpha value is -2.45. The summed E-state index contributed by atoms with van der Waals surface area (Å²) in [5.41, 5.74) is 1.55. The second-order valence-electron chi connectivity index (χ2n) is 6.61. The number of thioether (sulfide) groups is 1. The highest BCUT2D eigenvalue weighted by Crippen LogP contribution is 2.39. The molecule has 8 heteroatoms. The van der Waals surface area contributed by atoms with E-state index in [1.165, 1.54) is 11.8 Å². The van der Waals surface area contributed by atoms with Crippen molar-refractivity contribution in [2.45, 2.75) is 26.9 Å². The molecule has 6 nitrogen and oxygen atoms in total. The van der Waals surface area contributed by atoms with E-state index in [1.54, 1.807) is 13.2 Å². The number of rotatable bonds is 7. The topological polar surface area (TPSA) is 69.2 Å². The first-order valence-electron chi connectivity index (χ1n) is 9.46. The molecule has 1 fully saturated rings. The first kappa shape index (κ1) is 22.2. The monoisotopic (exact) mass is 490 g/mol. The van der Waals surface area contributed by atoms with Crippen LogP contribution in [-0.2, 0) is 4.79 Å². The summed E-state index contributed by atoms with van der Waals surface area (Å²) in [5.74, 6) is 1.82. The van der Waals surface area contributed by atoms with Gasteiger partial charge in [-0.05, 0) is 96.5 Å². The van der Waals surface area contributed by atoms with Gasteiger partial charge in [0.25, 0.3) is 5.91 Å². The van der Waals surface area contributed by atoms with Gasteiger partial charge in [-0.3, -0.25) is 4.79 Å². The summed E-state index contributed by atoms with van der Waals surface area (Å²) in [6.45, 7) is 6.45. The second-order valence-corrected chi connectivity index (χ2v) is 8.49. The third-order valence-corrected chi connectivity index (χ3v) is 5.43. The summed E-state index contributed by atoms with van der Waals surface area (Å²) < 4.78 is 17.5. The Morgan fingerprint density at radius 2 is 1.97 bits per heavy atom. The van der Waals surface area contributed by atoms with Crippen molar-refractivity contribution in [2.24, 2.45) is 4.99 Å². The Labute approximate surface area is 188 Å². The van der Waals surface area contributed by atoms with E-state index in [4.69, 9.17) is 14.2 Å². The van der Waals surface area contributed by atoms with Crippen LogP contribution in [0.4, 0.5) is 5.69 Å². The van der Waals surface area contributed by atoms with E-state index in [9.17, 15) is 4.79 Å². The Balaban J connectivity index is 1.81. The summed E-state index contributed by atoms with van der Waals surface area (Å²) >= 11 is 4.82. The zero-order valence-electron chi connectivity index (χ0n) is 17.2. The SMILES string of the molecule is CCOc1ccc(N=C2NC(=O)/C(=C\c3cc(Br)c(OC(C)C)c(OC)c3)S2)cc1. The molecule has 1 saturated heterocycles. The van der Waals surface area contributed by atoms with Crippen molar-refractivity contribution in [3.05, 3.63) is 51.3 Å². The minimum Gasteiger partial charge on any atom is -0.494 e. The van der Waals surface area contributed by atoms with Gasteiger partial charge in [0.1, 0.15) is 5.75 Å². The lowest BCUT2D eigenvalue weighted by Gasteiger charge is -2.16. The zero-order chi connectivity index (χ0) is 21.7. The smallest absolute Gasteiger partial charge is 0.264 e. The molecule has 0 spiro atoms. The molecule has 1 heterocycles. The van der Waals surface area contributed by atoms with E-state index in [1.807, 2.05) is 57.2 Å². The molecule has 0 bridgehead atoms. The van der Waals surface area contributed by atoms with Crippen LogP contribution in [0.2, 0.25) is 0 Å². The molecule has 2 aromatic rings. The number of nitrogens with one attached hydrogen (secondary N) is 1. The fraction of sp³-hybridized carbons (Fsp3) is 0.273. The summed E-state index contributed by atoms with van der Waals surface area (Å²) in [6, 6.07) is 11.1. The quantitative estimate of drug-likeness (QED) is 0.516. The van der Waals surface area contributed by atoms with Crippen LogP contribution >= 0.6 is 27.7 Å². The fourth-order valence-electron chi connectivity index (χ4n) is 2.71. The predicted molar refractivity (Wildman–Crippen MR) is 125 cm³/mol. The molecule has 0 aromatic heterocycles. The lowest BCUT2D eigenvalue weighted by atomic mass is 10.2. The van der Waals surface area contributed by atoms with Gasteiger partial charge in [-0.15, -0.1) is 0 Å². The average molecular weight is 491 g/mol. The van der Waals surface area contributed by atoms with Gasteiger partial charge in [-0.25, -0.2) is 4.99 Å². The number of amidine groups is 1. The van der Waals surface area contributed by atoms with Crippen molar-refractivity contribution in [3.8, 4) is 17.2 Å². The number of aliphatic imine (C=N–C) groups is 1. The van der Waals surface area contributed by atoms with E-state index >= 15 is 0 Å². The highest BCUT2D eigenvalue weighted by Gasteiger charge is 2.24. The molecular weight excluding hydrogens is 468 g/mol. The predicted octanol–water partition coefficient (Wildman–Crippen LogP) is 5.54. The number of nitrogens with zero attached hydrogens (tertiary/aromatic N) is 1. The van der Waals surface area contributed by atoms with Crippen molar-refractivity contribution in [1.29, 1.82) is 0 Å². The lowest BCUT2D eigenvalue weighted by molar-refractivity contribution is -0.115. The Morgan fingerprint density at radius 3 is 2.60 bits per heavy atom. The van der Waals surface area contributed by atoms with Gasteiger partial charge in [-0.1, -0.05) is 0 Å². The third-order valence-electron chi connectivity index (χ3n) is 3.93. The van der Waals surface area contributed by atoms with Crippen LogP contribution in [0.5, 0.6) is 17.2 Å². The van der Waals surface area contributed by atoms with E-state index in [0.29, 0.717) is 28.2 Å². The van der Waals surface area contributed by atoms with Gasteiger partial charge >= 0.3 is 0 Å². The Morgan fingerprint density at radius 1 is 1.23 bits per heavy atom. The first-order chi connectivity index (χ1) is 14.4. The number of amides is 1. The van der Waals surface area contributed by atoms with Crippen LogP contribution in [0.15, 0.2) is 50.8 Å². The summed E-state index contributed by atoms with van der Waals surface area (Å²) in [6.07, 6.45) is 1.81. The van der Waals surface area contributed by atoms with E-state index < -0.39 is 0 Å². The molecule has 158 valence electrons. The normalized spacial score (nSPS) is 16.3. The molecule has 0 saturated carbocycles. The Kier molecular flexibility index (Phi) is 7.44. The summed E-state index contributed by atoms with van der Waals surface area (Å²) in [4.78, 5) is 17.4. The van der Waals surface area contributed by atoms with Crippen molar-refractivity contribution >= 4 is 50.5 Å². The van der Waals surface area contributed by atoms with Gasteiger partial charge in [0.15, 0.2) is 16.7 Å². The number of hydrogen-bond donors (Lipinski definition) is 1. The van der Waals surface area contributed by atoms with E-state index in [0.717, 1.165) is 21.5 Å². The molecule has 2 aromatic carbocycles. The zero-order valence-corrected chi connectivity index (χ0v) is 19.6.